The number of hydrogen-bond acceptors (Lipinski definition) is 4. The molecule has 6 heteroatoms. The summed E-state index contributed by atoms with van der Waals surface area (Å²) in [6.07, 6.45) is 1.41. The van der Waals surface area contributed by atoms with Crippen molar-refractivity contribution >= 4 is 17.6 Å². The number of hydrogen-bond donors (Lipinski definition) is 0. The number of rotatable bonds is 4. The van der Waals surface area contributed by atoms with Gasteiger partial charge in [-0.25, -0.2) is 9.29 Å². The van der Waals surface area contributed by atoms with Crippen molar-refractivity contribution in [3.05, 3.63) is 82.9 Å². The molecule has 0 aliphatic carbocycles. The van der Waals surface area contributed by atoms with E-state index in [9.17, 15) is 18.8 Å². The minimum Gasteiger partial charge on any atom is -0.382 e. The Kier molecular flexibility index (Phi) is 4.19. The Morgan fingerprint density at radius 2 is 1.48 bits per heavy atom. The first kappa shape index (κ1) is 16.6. The second-order valence-corrected chi connectivity index (χ2v) is 5.81. The number of nitrogens with zero attached hydrogens (tertiary/aromatic N) is 2. The van der Waals surface area contributed by atoms with Crippen LogP contribution in [0.15, 0.2) is 60.4 Å². The van der Waals surface area contributed by atoms with E-state index in [1.807, 2.05) is 0 Å². The van der Waals surface area contributed by atoms with Crippen molar-refractivity contribution in [3.63, 3.8) is 0 Å². The van der Waals surface area contributed by atoms with Crippen LogP contribution in [-0.4, -0.2) is 41.5 Å². The molecule has 0 radical (unpaired) electrons. The molecule has 0 atom stereocenters. The minimum atomic E-state index is -0.552. The van der Waals surface area contributed by atoms with E-state index in [0.717, 1.165) is 17.0 Å². The molecule has 0 bridgehead atoms. The first-order valence-electron chi connectivity index (χ1n) is 7.56. The Hall–Kier alpha value is -3.28. The number of carbonyl (C=O) groups excluding carboxylic acids is 3. The number of ketones is 1. The molecule has 2 amide bonds. The van der Waals surface area contributed by atoms with Gasteiger partial charge in [0.15, 0.2) is 0 Å². The topological polar surface area (TPSA) is 57.7 Å². The Labute approximate surface area is 144 Å². The molecule has 0 unspecified atom stereocenters. The summed E-state index contributed by atoms with van der Waals surface area (Å²) in [5.41, 5.74) is 0.613. The van der Waals surface area contributed by atoms with Crippen molar-refractivity contribution in [3.8, 4) is 0 Å². The Bertz CT molecular complexity index is 866. The molecule has 0 saturated heterocycles. The smallest absolute Gasteiger partial charge is 0.266 e. The van der Waals surface area contributed by atoms with Gasteiger partial charge in [0.05, 0.1) is 11.1 Å². The van der Waals surface area contributed by atoms with Crippen LogP contribution >= 0.6 is 0 Å². The number of allylic oxidation sites excluding steroid dienone is 1. The maximum Gasteiger partial charge on any atom is 0.266 e. The first-order chi connectivity index (χ1) is 11.9. The highest BCUT2D eigenvalue weighted by molar-refractivity contribution is 6.26. The van der Waals surface area contributed by atoms with Gasteiger partial charge in [-0.2, -0.15) is 0 Å². The van der Waals surface area contributed by atoms with E-state index in [1.165, 1.54) is 18.3 Å². The fraction of sp³-hybridized carbons (Fsp3) is 0.105. The Morgan fingerprint density at radius 1 is 0.960 bits per heavy atom. The van der Waals surface area contributed by atoms with E-state index < -0.39 is 23.4 Å². The highest BCUT2D eigenvalue weighted by atomic mass is 19.1. The molecule has 1 aliphatic rings. The van der Waals surface area contributed by atoms with Crippen LogP contribution in [0.4, 0.5) is 4.39 Å². The van der Waals surface area contributed by atoms with Gasteiger partial charge >= 0.3 is 0 Å². The molecule has 0 N–H and O–H groups in total. The molecule has 0 fully saturated rings. The lowest BCUT2D eigenvalue weighted by atomic mass is 10.1. The molecule has 25 heavy (non-hydrogen) atoms. The fourth-order valence-electron chi connectivity index (χ4n) is 2.62. The maximum absolute atomic E-state index is 13.1. The first-order valence-corrected chi connectivity index (χ1v) is 7.56. The van der Waals surface area contributed by atoms with Crippen molar-refractivity contribution in [1.82, 2.24) is 9.80 Å². The summed E-state index contributed by atoms with van der Waals surface area (Å²) < 4.78 is 13.1. The largest absolute Gasteiger partial charge is 0.382 e. The van der Waals surface area contributed by atoms with Gasteiger partial charge in [-0.05, 0) is 36.4 Å². The van der Waals surface area contributed by atoms with Crippen molar-refractivity contribution in [2.75, 3.05) is 14.1 Å². The van der Waals surface area contributed by atoms with Crippen LogP contribution in [0.2, 0.25) is 0 Å². The predicted molar refractivity (Wildman–Crippen MR) is 89.4 cm³/mol. The molecule has 0 spiro atoms. The van der Waals surface area contributed by atoms with Gasteiger partial charge in [0.2, 0.25) is 5.78 Å². The second kappa shape index (κ2) is 6.32. The number of fused-ring (bicyclic) bond motifs is 1. The van der Waals surface area contributed by atoms with Gasteiger partial charge in [-0.15, -0.1) is 0 Å². The van der Waals surface area contributed by atoms with Gasteiger partial charge in [0.25, 0.3) is 11.8 Å². The van der Waals surface area contributed by atoms with Gasteiger partial charge in [0, 0.05) is 25.9 Å². The highest BCUT2D eigenvalue weighted by Gasteiger charge is 2.39. The average molecular weight is 338 g/mol. The minimum absolute atomic E-state index is 0.0807. The zero-order valence-corrected chi connectivity index (χ0v) is 13.7. The van der Waals surface area contributed by atoms with E-state index in [4.69, 9.17) is 0 Å². The second-order valence-electron chi connectivity index (χ2n) is 5.81. The van der Waals surface area contributed by atoms with Crippen molar-refractivity contribution in [1.29, 1.82) is 0 Å². The molecule has 1 heterocycles. The van der Waals surface area contributed by atoms with Gasteiger partial charge in [-0.3, -0.25) is 14.4 Å². The van der Waals surface area contributed by atoms with Crippen molar-refractivity contribution in [2.24, 2.45) is 0 Å². The number of Topliss-reactive ketones (excluding diaryl/α,β-unsaturated/α-hetero) is 1. The molecular weight excluding hydrogens is 323 g/mol. The fourth-order valence-corrected chi connectivity index (χ4v) is 2.62. The third-order valence-corrected chi connectivity index (χ3v) is 3.75. The Morgan fingerprint density at radius 3 is 1.96 bits per heavy atom. The van der Waals surface area contributed by atoms with Crippen LogP contribution in [0, 0.1) is 5.82 Å². The zero-order valence-electron chi connectivity index (χ0n) is 13.7. The molecule has 0 aromatic heterocycles. The van der Waals surface area contributed by atoms with Crippen LogP contribution in [-0.2, 0) is 0 Å². The molecule has 126 valence electrons. The van der Waals surface area contributed by atoms with E-state index in [-0.39, 0.29) is 22.4 Å². The Balaban J connectivity index is 2.06. The zero-order chi connectivity index (χ0) is 18.1. The van der Waals surface area contributed by atoms with Crippen LogP contribution in [0.3, 0.4) is 0 Å². The number of amides is 2. The SMILES string of the molecule is CN(C)C=C(C(=O)c1ccc(F)cc1)N1C(=O)c2ccccc2C1=O. The normalized spacial score (nSPS) is 13.9. The van der Waals surface area contributed by atoms with Gasteiger partial charge in [-0.1, -0.05) is 12.1 Å². The van der Waals surface area contributed by atoms with Crippen LogP contribution in [0.5, 0.6) is 0 Å². The van der Waals surface area contributed by atoms with E-state index in [2.05, 4.69) is 0 Å². The van der Waals surface area contributed by atoms with Crippen molar-refractivity contribution in [2.45, 2.75) is 0 Å². The maximum atomic E-state index is 13.1. The summed E-state index contributed by atoms with van der Waals surface area (Å²) in [5, 5.41) is 0. The van der Waals surface area contributed by atoms with Gasteiger partial charge in [0.1, 0.15) is 11.5 Å². The summed E-state index contributed by atoms with van der Waals surface area (Å²) in [4.78, 5) is 40.6. The summed E-state index contributed by atoms with van der Waals surface area (Å²) in [7, 11) is 3.35. The van der Waals surface area contributed by atoms with E-state index in [1.54, 1.807) is 43.3 Å². The van der Waals surface area contributed by atoms with Crippen LogP contribution in [0.1, 0.15) is 31.1 Å². The molecule has 3 rings (SSSR count). The summed E-state index contributed by atoms with van der Waals surface area (Å²) in [5.74, 6) is -2.12. The number of benzene rings is 2. The lowest BCUT2D eigenvalue weighted by Crippen LogP contribution is -2.34. The molecule has 1 aliphatic heterocycles. The third-order valence-electron chi connectivity index (χ3n) is 3.75. The monoisotopic (exact) mass is 338 g/mol. The number of imide groups is 1. The van der Waals surface area contributed by atoms with Crippen LogP contribution < -0.4 is 0 Å². The summed E-state index contributed by atoms with van der Waals surface area (Å²) in [6, 6.07) is 11.4. The lowest BCUT2D eigenvalue weighted by molar-refractivity contribution is 0.0675. The van der Waals surface area contributed by atoms with Crippen molar-refractivity contribution < 1.29 is 18.8 Å². The lowest BCUT2D eigenvalue weighted by Gasteiger charge is -2.19. The van der Waals surface area contributed by atoms with Crippen LogP contribution in [0.25, 0.3) is 0 Å². The number of carbonyl (C=O) groups is 3. The quantitative estimate of drug-likeness (QED) is 0.489. The van der Waals surface area contributed by atoms with E-state index >= 15 is 0 Å². The van der Waals surface area contributed by atoms with Gasteiger partial charge < -0.3 is 4.90 Å². The summed E-state index contributed by atoms with van der Waals surface area (Å²) >= 11 is 0. The third kappa shape index (κ3) is 2.94. The average Bonchev–Trinajstić information content (AvgIpc) is 2.84. The number of halogens is 1. The molecular formula is C19H15FN2O3. The molecule has 0 saturated carbocycles. The summed E-state index contributed by atoms with van der Waals surface area (Å²) in [6.45, 7) is 0. The van der Waals surface area contributed by atoms with E-state index in [0.29, 0.717) is 0 Å². The molecule has 2 aromatic rings. The standard InChI is InChI=1S/C19H15FN2O3/c1-21(2)11-16(17(23)12-7-9-13(20)10-8-12)22-18(24)14-5-3-4-6-15(14)19(22)25/h3-11H,1-2H3. The molecule has 2 aromatic carbocycles. The predicted octanol–water partition coefficient (Wildman–Crippen LogP) is 2.71. The highest BCUT2D eigenvalue weighted by Crippen LogP contribution is 2.27. The molecule has 5 nitrogen and oxygen atoms in total.